The van der Waals surface area contributed by atoms with E-state index < -0.39 is 29.2 Å². The van der Waals surface area contributed by atoms with Crippen LogP contribution >= 0.6 is 0 Å². The van der Waals surface area contributed by atoms with Crippen molar-refractivity contribution >= 4 is 23.7 Å². The van der Waals surface area contributed by atoms with E-state index >= 15 is 0 Å². The van der Waals surface area contributed by atoms with Gasteiger partial charge in [-0.3, -0.25) is 24.1 Å². The van der Waals surface area contributed by atoms with Crippen LogP contribution in [0.15, 0.2) is 48.7 Å². The zero-order valence-corrected chi connectivity index (χ0v) is 55.7. The molecular weight excluding hydrogens is 1260 g/mol. The maximum atomic E-state index is 13.6. The van der Waals surface area contributed by atoms with Crippen molar-refractivity contribution in [2.24, 2.45) is 5.92 Å². The standard InChI is InChI=1S/C67H98F3N9O17/c1-50-71-62-48-75(14-11-63(62)79(50)58-43-56-8-9-57(44-58)78(56)15-10-61(72-51(2)80)53-6-4-3-5-7-53)65(82)40-52-45-76(46-52)64(81)12-17-84-20-23-87-36-37-94-38-39-95-49-55-47-77(74-73-55)16-19-86-22-25-89-27-29-91-31-33-93-35-34-92-32-30-90-28-26-88-24-21-85-18-13-66(83)96-67-59(69)41-54(68)42-60(67)70/h3-7,41-42,47,52,56-58,61H,8-40,43-46,48-49H2,1-2H3,(H,72,80)/t56?,57?,58?,61-/m0/s1. The Balaban J connectivity index is 0.518. The molecule has 4 aliphatic rings. The fourth-order valence-electron chi connectivity index (χ4n) is 12.3. The monoisotopic (exact) mass is 1360 g/mol. The second-order valence-electron chi connectivity index (χ2n) is 24.0. The summed E-state index contributed by atoms with van der Waals surface area (Å²) in [5, 5.41) is 11.5. The lowest BCUT2D eigenvalue weighted by atomic mass is 9.94. The normalized spacial score (nSPS) is 17.4. The number of carbonyl (C=O) groups excluding carboxylic acids is 4. The predicted octanol–water partition coefficient (Wildman–Crippen LogP) is 5.15. The van der Waals surface area contributed by atoms with Gasteiger partial charge in [-0.15, -0.1) is 5.10 Å². The predicted molar refractivity (Wildman–Crippen MR) is 340 cm³/mol. The van der Waals surface area contributed by atoms with E-state index in [1.807, 2.05) is 34.2 Å². The first-order chi connectivity index (χ1) is 46.9. The Morgan fingerprint density at radius 1 is 0.604 bits per heavy atom. The van der Waals surface area contributed by atoms with Gasteiger partial charge in [0.25, 0.3) is 0 Å². The number of hydrogen-bond acceptors (Lipinski definition) is 21. The number of ether oxygens (including phenoxy) is 13. The number of fused-ring (bicyclic) bond motifs is 3. The van der Waals surface area contributed by atoms with E-state index in [0.29, 0.717) is 214 Å². The van der Waals surface area contributed by atoms with Gasteiger partial charge in [0.15, 0.2) is 11.6 Å². The summed E-state index contributed by atoms with van der Waals surface area (Å²) in [6, 6.07) is 12.5. The van der Waals surface area contributed by atoms with Crippen LogP contribution in [0, 0.1) is 30.3 Å². The molecule has 3 fully saturated rings. The number of amides is 3. The fourth-order valence-corrected chi connectivity index (χ4v) is 12.3. The molecule has 1 N–H and O–H groups in total. The lowest BCUT2D eigenvalue weighted by Crippen LogP contribution is -2.52. The van der Waals surface area contributed by atoms with Gasteiger partial charge in [-0.1, -0.05) is 35.5 Å². The van der Waals surface area contributed by atoms with Crippen LogP contribution in [0.1, 0.15) is 98.8 Å². The van der Waals surface area contributed by atoms with Crippen molar-refractivity contribution in [3.63, 3.8) is 0 Å². The minimum atomic E-state index is -1.31. The number of aryl methyl sites for hydroxylation is 1. The van der Waals surface area contributed by atoms with Crippen molar-refractivity contribution < 1.29 is 93.9 Å². The van der Waals surface area contributed by atoms with E-state index in [9.17, 15) is 32.3 Å². The summed E-state index contributed by atoms with van der Waals surface area (Å²) in [5.41, 5.74) is 4.16. The van der Waals surface area contributed by atoms with Gasteiger partial charge in [-0.2, -0.15) is 0 Å². The minimum Gasteiger partial charge on any atom is -0.420 e. The fraction of sp³-hybridized carbons (Fsp3) is 0.687. The Hall–Kier alpha value is -6.06. The van der Waals surface area contributed by atoms with Crippen LogP contribution in [0.25, 0.3) is 0 Å². The number of nitrogens with one attached hydrogen (secondary N) is 1. The van der Waals surface area contributed by atoms with Crippen molar-refractivity contribution in [2.45, 2.75) is 115 Å². The molecule has 4 aromatic rings. The van der Waals surface area contributed by atoms with E-state index in [4.69, 9.17) is 61.8 Å². The summed E-state index contributed by atoms with van der Waals surface area (Å²) in [6.45, 7) is 16.3. The van der Waals surface area contributed by atoms with Gasteiger partial charge in [0.1, 0.15) is 17.3 Å². The highest BCUT2D eigenvalue weighted by Crippen LogP contribution is 2.43. The number of likely N-dealkylation sites (tertiary alicyclic amines) is 1. The van der Waals surface area contributed by atoms with E-state index in [-0.39, 0.29) is 62.3 Å². The number of benzene rings is 2. The summed E-state index contributed by atoms with van der Waals surface area (Å²) in [5.74, 6) is -4.23. The molecule has 29 heteroatoms. The van der Waals surface area contributed by atoms with Crippen molar-refractivity contribution in [3.05, 3.63) is 94.6 Å². The summed E-state index contributed by atoms with van der Waals surface area (Å²) in [7, 11) is 0. The van der Waals surface area contributed by atoms with Gasteiger partial charge in [0.2, 0.25) is 23.5 Å². The Bertz CT molecular complexity index is 2890. The highest BCUT2D eigenvalue weighted by molar-refractivity contribution is 5.79. The molecule has 2 aromatic carbocycles. The number of carbonyl (C=O) groups is 4. The van der Waals surface area contributed by atoms with Crippen molar-refractivity contribution in [1.29, 1.82) is 0 Å². The van der Waals surface area contributed by atoms with Gasteiger partial charge in [-0.25, -0.2) is 22.8 Å². The molecule has 534 valence electrons. The number of halogens is 3. The number of nitrogens with zero attached hydrogens (tertiary/aromatic N) is 8. The third kappa shape index (κ3) is 26.3. The van der Waals surface area contributed by atoms with E-state index in [0.717, 1.165) is 49.3 Å². The highest BCUT2D eigenvalue weighted by atomic mass is 19.1. The Morgan fingerprint density at radius 3 is 1.66 bits per heavy atom. The summed E-state index contributed by atoms with van der Waals surface area (Å²) >= 11 is 0. The molecule has 3 amide bonds. The smallest absolute Gasteiger partial charge is 0.313 e. The van der Waals surface area contributed by atoms with Gasteiger partial charge >= 0.3 is 5.97 Å². The molecule has 3 atom stereocenters. The first-order valence-corrected chi connectivity index (χ1v) is 33.8. The number of hydrogen-bond donors (Lipinski definition) is 1. The Kier molecular flexibility index (Phi) is 33.7. The maximum Gasteiger partial charge on any atom is 0.313 e. The summed E-state index contributed by atoms with van der Waals surface area (Å²) in [6.07, 6.45) is 8.55. The highest BCUT2D eigenvalue weighted by Gasteiger charge is 2.43. The zero-order chi connectivity index (χ0) is 67.5. The number of piperidine rings is 1. The van der Waals surface area contributed by atoms with Crippen LogP contribution in [0.2, 0.25) is 0 Å². The van der Waals surface area contributed by atoms with Crippen LogP contribution in [0.5, 0.6) is 5.75 Å². The number of aromatic nitrogens is 5. The van der Waals surface area contributed by atoms with Gasteiger partial charge in [0, 0.05) is 87.8 Å². The molecule has 4 aliphatic heterocycles. The maximum absolute atomic E-state index is 13.6. The van der Waals surface area contributed by atoms with Crippen LogP contribution in [-0.4, -0.2) is 253 Å². The second-order valence-corrected chi connectivity index (χ2v) is 24.0. The zero-order valence-electron chi connectivity index (χ0n) is 55.7. The molecule has 26 nitrogen and oxygen atoms in total. The third-order valence-corrected chi connectivity index (χ3v) is 16.9. The Morgan fingerprint density at radius 2 is 1.11 bits per heavy atom. The van der Waals surface area contributed by atoms with Crippen molar-refractivity contribution in [1.82, 2.24) is 44.6 Å². The molecule has 2 unspecified atom stereocenters. The lowest BCUT2D eigenvalue weighted by Gasteiger charge is -2.41. The average molecular weight is 1360 g/mol. The topological polar surface area (TPSA) is 259 Å². The molecule has 96 heavy (non-hydrogen) atoms. The SMILES string of the molecule is CC(=O)N[C@@H](CCN1C2CCC1CC(n1c(C)nc3c1CCN(C(=O)CC1CN(C(=O)CCOCCOCCOCCOCc4cn(CCOCCOCCOCCOCCOCCOCCOCCOCCC(=O)Oc5c(F)cc(F)cc5F)nn4)C1)C3)C2)c1ccccc1. The Labute approximate surface area is 560 Å². The molecular formula is C67H98F3N9O17. The third-order valence-electron chi connectivity index (χ3n) is 16.9. The molecule has 0 spiro atoms. The first-order valence-electron chi connectivity index (χ1n) is 33.8. The van der Waals surface area contributed by atoms with Gasteiger partial charge in [-0.05, 0) is 44.6 Å². The van der Waals surface area contributed by atoms with E-state index in [2.05, 4.69) is 48.9 Å². The minimum absolute atomic E-state index is 0.00229. The molecule has 0 aliphatic carbocycles. The van der Waals surface area contributed by atoms with Crippen molar-refractivity contribution in [2.75, 3.05) is 178 Å². The molecule has 8 rings (SSSR count). The van der Waals surface area contributed by atoms with Gasteiger partial charge in [0.05, 0.1) is 202 Å². The average Bonchev–Trinajstić information content (AvgIpc) is 1.60. The largest absolute Gasteiger partial charge is 0.420 e. The second kappa shape index (κ2) is 42.7. The van der Waals surface area contributed by atoms with E-state index in [1.54, 1.807) is 11.6 Å². The van der Waals surface area contributed by atoms with Crippen LogP contribution in [0.4, 0.5) is 13.2 Å². The lowest BCUT2D eigenvalue weighted by molar-refractivity contribution is -0.143. The van der Waals surface area contributed by atoms with E-state index in [1.165, 1.54) is 18.5 Å². The molecule has 6 heterocycles. The number of imidazole rings is 1. The van der Waals surface area contributed by atoms with Crippen LogP contribution < -0.4 is 10.1 Å². The molecule has 2 bridgehead atoms. The molecule has 0 saturated carbocycles. The van der Waals surface area contributed by atoms with Crippen LogP contribution in [0.3, 0.4) is 0 Å². The summed E-state index contributed by atoms with van der Waals surface area (Å²) < 4.78 is 115. The molecule has 2 aromatic heterocycles. The van der Waals surface area contributed by atoms with Gasteiger partial charge < -0.3 is 81.3 Å². The summed E-state index contributed by atoms with van der Waals surface area (Å²) in [4.78, 5) is 61.7. The number of esters is 1. The van der Waals surface area contributed by atoms with Crippen LogP contribution in [-0.2, 0) is 102 Å². The number of rotatable bonds is 50. The molecule has 3 saturated heterocycles. The quantitative estimate of drug-likeness (QED) is 0.0340. The molecule has 0 radical (unpaired) electrons. The van der Waals surface area contributed by atoms with Crippen molar-refractivity contribution in [3.8, 4) is 5.75 Å². The first kappa shape index (κ1) is 75.7.